The highest BCUT2D eigenvalue weighted by Gasteiger charge is 2.04. The van der Waals surface area contributed by atoms with Gasteiger partial charge in [0, 0.05) is 16.3 Å². The molecule has 1 amide bonds. The fourth-order valence-corrected chi connectivity index (χ4v) is 2.47. The number of nitrogens with zero attached hydrogens (tertiary/aromatic N) is 1. The van der Waals surface area contributed by atoms with Gasteiger partial charge in [-0.15, -0.1) is 0 Å². The van der Waals surface area contributed by atoms with Gasteiger partial charge in [0.15, 0.2) is 0 Å². The van der Waals surface area contributed by atoms with Crippen molar-refractivity contribution in [2.75, 3.05) is 11.9 Å². The summed E-state index contributed by atoms with van der Waals surface area (Å²) in [4.78, 5) is 11.8. The van der Waals surface area contributed by atoms with Crippen LogP contribution >= 0.6 is 11.6 Å². The van der Waals surface area contributed by atoms with E-state index < -0.39 is 0 Å². The summed E-state index contributed by atoms with van der Waals surface area (Å²) in [7, 11) is 0. The van der Waals surface area contributed by atoms with Crippen LogP contribution in [0.2, 0.25) is 5.02 Å². The third-order valence-electron chi connectivity index (χ3n) is 3.72. The maximum atomic E-state index is 11.8. The van der Waals surface area contributed by atoms with Crippen molar-refractivity contribution < 1.29 is 9.21 Å². The molecule has 0 atom stereocenters. The molecule has 0 spiro atoms. The van der Waals surface area contributed by atoms with E-state index in [9.17, 15) is 4.79 Å². The Hall–Kier alpha value is -3.05. The van der Waals surface area contributed by atoms with Crippen LogP contribution in [0.3, 0.4) is 0 Å². The van der Waals surface area contributed by atoms with Gasteiger partial charge in [-0.2, -0.15) is 5.10 Å². The number of aryl methyl sites for hydroxylation is 1. The van der Waals surface area contributed by atoms with E-state index in [1.54, 1.807) is 18.2 Å². The second-order valence-corrected chi connectivity index (χ2v) is 6.11. The van der Waals surface area contributed by atoms with Crippen LogP contribution in [0.5, 0.6) is 0 Å². The lowest BCUT2D eigenvalue weighted by molar-refractivity contribution is -0.119. The molecule has 0 radical (unpaired) electrons. The van der Waals surface area contributed by atoms with E-state index in [-0.39, 0.29) is 12.5 Å². The molecule has 26 heavy (non-hydrogen) atoms. The number of nitrogens with one attached hydrogen (secondary N) is 2. The number of hydrazone groups is 1. The highest BCUT2D eigenvalue weighted by molar-refractivity contribution is 6.30. The van der Waals surface area contributed by atoms with Gasteiger partial charge >= 0.3 is 0 Å². The number of furan rings is 1. The maximum Gasteiger partial charge on any atom is 0.259 e. The topological polar surface area (TPSA) is 66.6 Å². The molecule has 0 bridgehead atoms. The maximum absolute atomic E-state index is 11.8. The number of carbonyl (C=O) groups is 1. The van der Waals surface area contributed by atoms with Crippen LogP contribution < -0.4 is 10.7 Å². The van der Waals surface area contributed by atoms with Gasteiger partial charge in [-0.05, 0) is 55.0 Å². The molecule has 0 saturated carbocycles. The molecule has 3 aromatic rings. The molecule has 6 heteroatoms. The van der Waals surface area contributed by atoms with Gasteiger partial charge < -0.3 is 9.73 Å². The molecule has 0 unspecified atom stereocenters. The molecule has 0 fully saturated rings. The fourth-order valence-electron chi connectivity index (χ4n) is 2.35. The van der Waals surface area contributed by atoms with Gasteiger partial charge in [-0.3, -0.25) is 4.79 Å². The molecular formula is C20H18ClN3O2. The summed E-state index contributed by atoms with van der Waals surface area (Å²) >= 11 is 5.88. The average molecular weight is 368 g/mol. The lowest BCUT2D eigenvalue weighted by Crippen LogP contribution is -2.26. The first kappa shape index (κ1) is 17.8. The Labute approximate surface area is 156 Å². The van der Waals surface area contributed by atoms with Crippen LogP contribution in [0.1, 0.15) is 11.3 Å². The second-order valence-electron chi connectivity index (χ2n) is 5.67. The van der Waals surface area contributed by atoms with Crippen LogP contribution in [0, 0.1) is 6.92 Å². The van der Waals surface area contributed by atoms with Crippen LogP contribution in [-0.4, -0.2) is 18.7 Å². The molecule has 0 saturated heterocycles. The Kier molecular flexibility index (Phi) is 5.71. The zero-order valence-electron chi connectivity index (χ0n) is 14.2. The summed E-state index contributed by atoms with van der Waals surface area (Å²) < 4.78 is 5.68. The number of hydrogen-bond donors (Lipinski definition) is 2. The number of anilines is 1. The predicted molar refractivity (Wildman–Crippen MR) is 105 cm³/mol. The Morgan fingerprint density at radius 3 is 2.65 bits per heavy atom. The highest BCUT2D eigenvalue weighted by atomic mass is 35.5. The van der Waals surface area contributed by atoms with Crippen molar-refractivity contribution in [2.45, 2.75) is 6.92 Å². The van der Waals surface area contributed by atoms with E-state index in [1.807, 2.05) is 49.4 Å². The van der Waals surface area contributed by atoms with Crippen LogP contribution in [0.25, 0.3) is 11.3 Å². The monoisotopic (exact) mass is 367 g/mol. The van der Waals surface area contributed by atoms with E-state index in [2.05, 4.69) is 15.8 Å². The molecule has 1 heterocycles. The number of benzene rings is 2. The van der Waals surface area contributed by atoms with Crippen molar-refractivity contribution in [3.8, 4) is 11.3 Å². The van der Waals surface area contributed by atoms with Crippen LogP contribution in [0.15, 0.2) is 70.2 Å². The summed E-state index contributed by atoms with van der Waals surface area (Å²) in [5.41, 5.74) is 5.38. The molecular weight excluding hydrogens is 350 g/mol. The Balaban J connectivity index is 1.51. The van der Waals surface area contributed by atoms with Gasteiger partial charge in [-0.1, -0.05) is 29.8 Å². The van der Waals surface area contributed by atoms with Gasteiger partial charge in [0.1, 0.15) is 11.5 Å². The van der Waals surface area contributed by atoms with Crippen molar-refractivity contribution in [1.82, 2.24) is 5.43 Å². The van der Waals surface area contributed by atoms with Gasteiger partial charge in [0.05, 0.1) is 12.8 Å². The van der Waals surface area contributed by atoms with Crippen LogP contribution in [0.4, 0.5) is 5.69 Å². The minimum atomic E-state index is -0.242. The van der Waals surface area contributed by atoms with E-state index in [0.29, 0.717) is 16.5 Å². The zero-order chi connectivity index (χ0) is 18.4. The quantitative estimate of drug-likeness (QED) is 0.499. The van der Waals surface area contributed by atoms with Gasteiger partial charge in [0.25, 0.3) is 5.91 Å². The van der Waals surface area contributed by atoms with Crippen molar-refractivity contribution >= 4 is 29.4 Å². The molecule has 0 aliphatic carbocycles. The lowest BCUT2D eigenvalue weighted by Gasteiger charge is -2.07. The molecule has 2 aromatic carbocycles. The molecule has 5 nitrogen and oxygen atoms in total. The minimum Gasteiger partial charge on any atom is -0.455 e. The number of hydrogen-bond acceptors (Lipinski definition) is 4. The second kappa shape index (κ2) is 8.36. The fraction of sp³-hybridized carbons (Fsp3) is 0.100. The Morgan fingerprint density at radius 2 is 1.88 bits per heavy atom. The smallest absolute Gasteiger partial charge is 0.259 e. The lowest BCUT2D eigenvalue weighted by atomic mass is 10.2. The van der Waals surface area contributed by atoms with E-state index in [4.69, 9.17) is 16.0 Å². The summed E-state index contributed by atoms with van der Waals surface area (Å²) in [5, 5.41) is 7.66. The number of halogens is 1. The van der Waals surface area contributed by atoms with Crippen molar-refractivity contribution in [1.29, 1.82) is 0 Å². The van der Waals surface area contributed by atoms with E-state index in [1.165, 1.54) is 6.21 Å². The van der Waals surface area contributed by atoms with E-state index >= 15 is 0 Å². The molecule has 3 rings (SSSR count). The highest BCUT2D eigenvalue weighted by Crippen LogP contribution is 2.23. The first-order valence-electron chi connectivity index (χ1n) is 8.09. The van der Waals surface area contributed by atoms with Gasteiger partial charge in [-0.25, -0.2) is 5.43 Å². The Bertz CT molecular complexity index is 917. The molecule has 0 aliphatic heterocycles. The van der Waals surface area contributed by atoms with Crippen molar-refractivity contribution in [2.24, 2.45) is 5.10 Å². The molecule has 1 aromatic heterocycles. The minimum absolute atomic E-state index is 0.135. The summed E-state index contributed by atoms with van der Waals surface area (Å²) in [6.45, 7) is 2.12. The number of amides is 1. The average Bonchev–Trinajstić information content (AvgIpc) is 3.10. The number of carbonyl (C=O) groups excluding carboxylic acids is 1. The number of rotatable bonds is 6. The van der Waals surface area contributed by atoms with Gasteiger partial charge in [0.2, 0.25) is 0 Å². The third kappa shape index (κ3) is 4.74. The molecule has 2 N–H and O–H groups in total. The summed E-state index contributed by atoms with van der Waals surface area (Å²) in [6.07, 6.45) is 1.46. The standard InChI is InChI=1S/C20H18ClN3O2/c1-14-4-2-3-5-18(14)22-13-20(25)24-23-12-17-10-11-19(26-17)15-6-8-16(21)9-7-15/h2-12,22H,13H2,1H3,(H,24,25). The van der Waals surface area contributed by atoms with Crippen LogP contribution in [-0.2, 0) is 4.79 Å². The van der Waals surface area contributed by atoms with Crippen molar-refractivity contribution in [3.05, 3.63) is 77.0 Å². The number of para-hydroxylation sites is 1. The summed E-state index contributed by atoms with van der Waals surface area (Å²) in [5.74, 6) is 1.01. The van der Waals surface area contributed by atoms with E-state index in [0.717, 1.165) is 16.8 Å². The molecule has 132 valence electrons. The Morgan fingerprint density at radius 1 is 1.12 bits per heavy atom. The normalized spacial score (nSPS) is 10.8. The first-order valence-corrected chi connectivity index (χ1v) is 8.47. The first-order chi connectivity index (χ1) is 12.6. The predicted octanol–water partition coefficient (Wildman–Crippen LogP) is 4.47. The zero-order valence-corrected chi connectivity index (χ0v) is 15.0. The third-order valence-corrected chi connectivity index (χ3v) is 3.97. The summed E-state index contributed by atoms with van der Waals surface area (Å²) in [6, 6.07) is 18.7. The largest absolute Gasteiger partial charge is 0.455 e. The van der Waals surface area contributed by atoms with Crippen molar-refractivity contribution in [3.63, 3.8) is 0 Å². The molecule has 0 aliphatic rings. The SMILES string of the molecule is Cc1ccccc1NCC(=O)NN=Cc1ccc(-c2ccc(Cl)cc2)o1.